The molecule has 0 aliphatic carbocycles. The van der Waals surface area contributed by atoms with Crippen molar-refractivity contribution in [1.82, 2.24) is 5.32 Å². The predicted octanol–water partition coefficient (Wildman–Crippen LogP) is 4.89. The summed E-state index contributed by atoms with van der Waals surface area (Å²) in [5.74, 6) is 0. The maximum Gasteiger partial charge on any atom is 0.407 e. The average molecular weight is 578 g/mol. The third-order valence-electron chi connectivity index (χ3n) is 7.25. The second-order valence-electron chi connectivity index (χ2n) is 10.4. The monoisotopic (exact) mass is 577 g/mol. The highest BCUT2D eigenvalue weighted by Gasteiger charge is 2.50. The zero-order chi connectivity index (χ0) is 29.0. The van der Waals surface area contributed by atoms with Crippen molar-refractivity contribution >= 4 is 6.09 Å². The molecule has 2 N–H and O–H groups in total. The van der Waals surface area contributed by atoms with Crippen LogP contribution in [0.3, 0.4) is 0 Å². The predicted molar refractivity (Wildman–Crippen MR) is 154 cm³/mol. The first-order valence-corrected chi connectivity index (χ1v) is 14.5. The van der Waals surface area contributed by atoms with E-state index in [-0.39, 0.29) is 13.2 Å². The van der Waals surface area contributed by atoms with Gasteiger partial charge >= 0.3 is 6.09 Å². The molecule has 0 radical (unpaired) electrons. The smallest absolute Gasteiger partial charge is 0.407 e. The highest BCUT2D eigenvalue weighted by molar-refractivity contribution is 5.67. The molecule has 0 spiro atoms. The molecular formula is C33H39NO8. The molecule has 3 aromatic carbocycles. The average Bonchev–Trinajstić information content (AvgIpc) is 3.04. The molecule has 2 fully saturated rings. The minimum absolute atomic E-state index is 0.242. The first kappa shape index (κ1) is 30.2. The van der Waals surface area contributed by atoms with Crippen molar-refractivity contribution in [3.8, 4) is 0 Å². The fraction of sp³-hybridized carbons (Fsp3) is 0.424. The lowest BCUT2D eigenvalue weighted by atomic mass is 9.97. The standard InChI is InChI=1S/C33H39NO8/c35-28-29-27(23-39-31(42-29)26-17-9-3-10-18-26)41-32(30(28)38-21-24-13-5-1-6-14-24)37-20-12-4-11-19-34-33(36)40-22-25-15-7-2-8-16-25/h1-3,5-10,13-18,27-32,35H,4,11-12,19-23H2,(H,34,36)/t27?,28-,29-,30?,31?,32+/m0/s1. The highest BCUT2D eigenvalue weighted by Crippen LogP contribution is 2.35. The maximum absolute atomic E-state index is 11.9. The first-order valence-electron chi connectivity index (χ1n) is 14.5. The number of ether oxygens (including phenoxy) is 6. The van der Waals surface area contributed by atoms with Crippen LogP contribution in [0.1, 0.15) is 42.2 Å². The number of unbranched alkanes of at least 4 members (excludes halogenated alkanes) is 2. The summed E-state index contributed by atoms with van der Waals surface area (Å²) in [6.07, 6.45) is -2.29. The third-order valence-corrected chi connectivity index (χ3v) is 7.25. The van der Waals surface area contributed by atoms with Crippen LogP contribution in [0.2, 0.25) is 0 Å². The van der Waals surface area contributed by atoms with Crippen molar-refractivity contribution in [3.05, 3.63) is 108 Å². The molecule has 1 amide bonds. The summed E-state index contributed by atoms with van der Waals surface area (Å²) in [5, 5.41) is 14.2. The van der Waals surface area contributed by atoms with Crippen molar-refractivity contribution in [3.63, 3.8) is 0 Å². The van der Waals surface area contributed by atoms with Crippen LogP contribution >= 0.6 is 0 Å². The number of carbonyl (C=O) groups excluding carboxylic acids is 1. The van der Waals surface area contributed by atoms with Crippen molar-refractivity contribution < 1.29 is 38.3 Å². The van der Waals surface area contributed by atoms with E-state index < -0.39 is 43.1 Å². The molecule has 0 aromatic heterocycles. The number of hydrogen-bond acceptors (Lipinski definition) is 8. The summed E-state index contributed by atoms with van der Waals surface area (Å²) < 4.78 is 35.9. The van der Waals surface area contributed by atoms with Gasteiger partial charge < -0.3 is 38.8 Å². The molecule has 42 heavy (non-hydrogen) atoms. The van der Waals surface area contributed by atoms with Gasteiger partial charge in [0.05, 0.1) is 13.2 Å². The Morgan fingerprint density at radius 2 is 1.48 bits per heavy atom. The molecule has 224 valence electrons. The number of amides is 1. The molecule has 2 aliphatic rings. The van der Waals surface area contributed by atoms with Gasteiger partial charge in [0.15, 0.2) is 12.6 Å². The van der Waals surface area contributed by atoms with Gasteiger partial charge in [0.2, 0.25) is 0 Å². The van der Waals surface area contributed by atoms with Gasteiger partial charge in [-0.2, -0.15) is 0 Å². The Bertz CT molecular complexity index is 1200. The zero-order valence-electron chi connectivity index (χ0n) is 23.6. The zero-order valence-corrected chi connectivity index (χ0v) is 23.6. The Labute approximate surface area is 246 Å². The normalized spacial score (nSPS) is 25.4. The summed E-state index contributed by atoms with van der Waals surface area (Å²) >= 11 is 0. The second kappa shape index (κ2) is 15.8. The Kier molecular flexibility index (Phi) is 11.3. The van der Waals surface area contributed by atoms with E-state index in [0.29, 0.717) is 19.8 Å². The van der Waals surface area contributed by atoms with Gasteiger partial charge in [0, 0.05) is 18.7 Å². The number of aliphatic hydroxyl groups excluding tert-OH is 1. The minimum atomic E-state index is -0.973. The quantitative estimate of drug-likeness (QED) is 0.277. The largest absolute Gasteiger partial charge is 0.445 e. The summed E-state index contributed by atoms with van der Waals surface area (Å²) in [7, 11) is 0. The molecule has 6 atom stereocenters. The molecule has 9 nitrogen and oxygen atoms in total. The summed E-state index contributed by atoms with van der Waals surface area (Å²) in [6, 6.07) is 29.0. The molecule has 5 rings (SSSR count). The lowest BCUT2D eigenvalue weighted by molar-refractivity contribution is -0.367. The second-order valence-corrected chi connectivity index (χ2v) is 10.4. The van der Waals surface area contributed by atoms with E-state index in [0.717, 1.165) is 36.0 Å². The Morgan fingerprint density at radius 3 is 2.19 bits per heavy atom. The van der Waals surface area contributed by atoms with Gasteiger partial charge in [0.1, 0.15) is 31.0 Å². The van der Waals surface area contributed by atoms with Crippen molar-refractivity contribution in [1.29, 1.82) is 0 Å². The van der Waals surface area contributed by atoms with Crippen molar-refractivity contribution in [2.24, 2.45) is 0 Å². The molecule has 0 saturated carbocycles. The fourth-order valence-electron chi connectivity index (χ4n) is 4.99. The van der Waals surface area contributed by atoms with Crippen LogP contribution in [0.5, 0.6) is 0 Å². The minimum Gasteiger partial charge on any atom is -0.445 e. The lowest BCUT2D eigenvalue weighted by Crippen LogP contribution is -2.62. The highest BCUT2D eigenvalue weighted by atomic mass is 16.8. The van der Waals surface area contributed by atoms with Crippen LogP contribution in [0.25, 0.3) is 0 Å². The van der Waals surface area contributed by atoms with E-state index in [4.69, 9.17) is 28.4 Å². The molecule has 2 aliphatic heterocycles. The lowest BCUT2D eigenvalue weighted by Gasteiger charge is -2.47. The number of aliphatic hydroxyl groups is 1. The summed E-state index contributed by atoms with van der Waals surface area (Å²) in [5.41, 5.74) is 2.80. The molecule has 0 bridgehead atoms. The number of alkyl carbamates (subject to hydrolysis) is 1. The van der Waals surface area contributed by atoms with E-state index in [9.17, 15) is 9.90 Å². The van der Waals surface area contributed by atoms with Crippen LogP contribution in [0, 0.1) is 0 Å². The van der Waals surface area contributed by atoms with E-state index in [2.05, 4.69) is 5.32 Å². The van der Waals surface area contributed by atoms with E-state index >= 15 is 0 Å². The Hall–Kier alpha value is -3.31. The third kappa shape index (κ3) is 8.61. The Balaban J connectivity index is 1.08. The van der Waals surface area contributed by atoms with Gasteiger partial charge in [-0.15, -0.1) is 0 Å². The summed E-state index contributed by atoms with van der Waals surface area (Å²) in [6.45, 7) is 1.72. The molecule has 3 aromatic rings. The fourth-order valence-corrected chi connectivity index (χ4v) is 4.99. The van der Waals surface area contributed by atoms with Crippen LogP contribution in [-0.4, -0.2) is 61.7 Å². The number of carbonyl (C=O) groups is 1. The van der Waals surface area contributed by atoms with Crippen LogP contribution < -0.4 is 5.32 Å². The van der Waals surface area contributed by atoms with Gasteiger partial charge in [-0.05, 0) is 30.4 Å². The SMILES string of the molecule is O=C(NCCCCCO[C@@H]1OC2COC(c3ccccc3)O[C@@H]2[C@H](O)C1OCc1ccccc1)OCc1ccccc1. The number of rotatable bonds is 13. The topological polar surface area (TPSA) is 105 Å². The van der Waals surface area contributed by atoms with Crippen molar-refractivity contribution in [2.75, 3.05) is 19.8 Å². The van der Waals surface area contributed by atoms with E-state index in [1.54, 1.807) is 0 Å². The molecule has 9 heteroatoms. The number of nitrogens with one attached hydrogen (secondary N) is 1. The van der Waals surface area contributed by atoms with Crippen molar-refractivity contribution in [2.45, 2.75) is 69.5 Å². The number of benzene rings is 3. The number of hydrogen-bond donors (Lipinski definition) is 2. The van der Waals surface area contributed by atoms with Gasteiger partial charge in [-0.25, -0.2) is 4.79 Å². The van der Waals surface area contributed by atoms with Crippen LogP contribution in [0.15, 0.2) is 91.0 Å². The van der Waals surface area contributed by atoms with Gasteiger partial charge in [0.25, 0.3) is 0 Å². The Morgan fingerprint density at radius 1 is 0.810 bits per heavy atom. The van der Waals surface area contributed by atoms with E-state index in [1.807, 2.05) is 91.0 Å². The van der Waals surface area contributed by atoms with Gasteiger partial charge in [-0.1, -0.05) is 91.0 Å². The maximum atomic E-state index is 11.9. The van der Waals surface area contributed by atoms with Crippen LogP contribution in [0.4, 0.5) is 4.79 Å². The molecule has 3 unspecified atom stereocenters. The summed E-state index contributed by atoms with van der Waals surface area (Å²) in [4.78, 5) is 11.9. The molecular weight excluding hydrogens is 538 g/mol. The van der Waals surface area contributed by atoms with E-state index in [1.165, 1.54) is 0 Å². The molecule has 2 heterocycles. The molecule has 2 saturated heterocycles. The number of fused-ring (bicyclic) bond motifs is 1. The first-order chi connectivity index (χ1) is 20.7. The van der Waals surface area contributed by atoms with Gasteiger partial charge in [-0.3, -0.25) is 0 Å². The van der Waals surface area contributed by atoms with Crippen LogP contribution in [-0.2, 0) is 41.6 Å².